The fourth-order valence-electron chi connectivity index (χ4n) is 2.36. The fourth-order valence-corrected chi connectivity index (χ4v) is 4.04. The summed E-state index contributed by atoms with van der Waals surface area (Å²) in [6, 6.07) is 16.6. The first-order valence-electron chi connectivity index (χ1n) is 7.86. The van der Waals surface area contributed by atoms with Crippen LogP contribution in [0.1, 0.15) is 17.7 Å². The SMILES string of the molecule is CCNC(=O)C(=O)NC[C@H](c1ccccc1)S(=O)(=O)c1ccccc1. The zero-order chi connectivity index (χ0) is 18.3. The Hall–Kier alpha value is -2.67. The lowest BCUT2D eigenvalue weighted by Crippen LogP contribution is -2.42. The average Bonchev–Trinajstić information content (AvgIpc) is 2.63. The van der Waals surface area contributed by atoms with Crippen LogP contribution in [0.3, 0.4) is 0 Å². The summed E-state index contributed by atoms with van der Waals surface area (Å²) in [5.74, 6) is -1.64. The average molecular weight is 360 g/mol. The molecule has 0 spiro atoms. The lowest BCUT2D eigenvalue weighted by atomic mass is 10.1. The Bertz CT molecular complexity index is 821. The fraction of sp³-hybridized carbons (Fsp3) is 0.222. The molecule has 7 heteroatoms. The van der Waals surface area contributed by atoms with Gasteiger partial charge in [-0.25, -0.2) is 8.42 Å². The molecule has 0 heterocycles. The molecule has 6 nitrogen and oxygen atoms in total. The van der Waals surface area contributed by atoms with E-state index in [2.05, 4.69) is 10.6 Å². The molecule has 132 valence electrons. The third-order valence-corrected chi connectivity index (χ3v) is 5.73. The van der Waals surface area contributed by atoms with Crippen molar-refractivity contribution in [3.63, 3.8) is 0 Å². The van der Waals surface area contributed by atoms with E-state index < -0.39 is 26.9 Å². The Morgan fingerprint density at radius 2 is 1.40 bits per heavy atom. The summed E-state index contributed by atoms with van der Waals surface area (Å²) in [7, 11) is -3.73. The number of carbonyl (C=O) groups is 2. The minimum Gasteiger partial charge on any atom is -0.348 e. The van der Waals surface area contributed by atoms with Crippen LogP contribution in [0.25, 0.3) is 0 Å². The first kappa shape index (κ1) is 18.7. The normalized spacial score (nSPS) is 12.2. The minimum absolute atomic E-state index is 0.163. The Labute approximate surface area is 147 Å². The van der Waals surface area contributed by atoms with Gasteiger partial charge in [-0.2, -0.15) is 0 Å². The van der Waals surface area contributed by atoms with Gasteiger partial charge < -0.3 is 10.6 Å². The summed E-state index contributed by atoms with van der Waals surface area (Å²) in [6.45, 7) is 1.81. The van der Waals surface area contributed by atoms with Gasteiger partial charge in [-0.3, -0.25) is 9.59 Å². The molecular weight excluding hydrogens is 340 g/mol. The van der Waals surface area contributed by atoms with Gasteiger partial charge in [-0.05, 0) is 24.6 Å². The van der Waals surface area contributed by atoms with Gasteiger partial charge in [0, 0.05) is 13.1 Å². The summed E-state index contributed by atoms with van der Waals surface area (Å²) in [5.41, 5.74) is 0.544. The van der Waals surface area contributed by atoms with E-state index in [1.807, 2.05) is 0 Å². The highest BCUT2D eigenvalue weighted by Crippen LogP contribution is 2.28. The van der Waals surface area contributed by atoms with Gasteiger partial charge in [-0.1, -0.05) is 48.5 Å². The maximum Gasteiger partial charge on any atom is 0.309 e. The van der Waals surface area contributed by atoms with Gasteiger partial charge in [0.25, 0.3) is 0 Å². The summed E-state index contributed by atoms with van der Waals surface area (Å²) in [5, 5.41) is 3.80. The van der Waals surface area contributed by atoms with Crippen LogP contribution in [-0.2, 0) is 19.4 Å². The molecule has 2 rings (SSSR count). The first-order chi connectivity index (χ1) is 12.0. The number of amides is 2. The van der Waals surface area contributed by atoms with Gasteiger partial charge in [-0.15, -0.1) is 0 Å². The molecule has 0 saturated carbocycles. The van der Waals surface area contributed by atoms with E-state index in [4.69, 9.17) is 0 Å². The largest absolute Gasteiger partial charge is 0.348 e. The monoisotopic (exact) mass is 360 g/mol. The van der Waals surface area contributed by atoms with Crippen molar-refractivity contribution < 1.29 is 18.0 Å². The van der Waals surface area contributed by atoms with E-state index in [0.29, 0.717) is 12.1 Å². The summed E-state index contributed by atoms with van der Waals surface area (Å²) in [4.78, 5) is 23.5. The molecule has 0 fully saturated rings. The van der Waals surface area contributed by atoms with E-state index >= 15 is 0 Å². The van der Waals surface area contributed by atoms with Crippen LogP contribution < -0.4 is 10.6 Å². The molecule has 0 saturated heterocycles. The highest BCUT2D eigenvalue weighted by molar-refractivity contribution is 7.91. The maximum absolute atomic E-state index is 13.0. The van der Waals surface area contributed by atoms with Crippen molar-refractivity contribution >= 4 is 21.7 Å². The lowest BCUT2D eigenvalue weighted by Gasteiger charge is -2.19. The molecule has 0 bridgehead atoms. The Morgan fingerprint density at radius 1 is 0.880 bits per heavy atom. The van der Waals surface area contributed by atoms with Crippen LogP contribution in [0.5, 0.6) is 0 Å². The van der Waals surface area contributed by atoms with Crippen molar-refractivity contribution in [3.8, 4) is 0 Å². The molecule has 0 aromatic heterocycles. The maximum atomic E-state index is 13.0. The number of carbonyl (C=O) groups excluding carboxylic acids is 2. The quantitative estimate of drug-likeness (QED) is 0.763. The highest BCUT2D eigenvalue weighted by atomic mass is 32.2. The second-order valence-electron chi connectivity index (χ2n) is 5.33. The van der Waals surface area contributed by atoms with Gasteiger partial charge in [0.2, 0.25) is 0 Å². The predicted molar refractivity (Wildman–Crippen MR) is 94.5 cm³/mol. The second kappa shape index (κ2) is 8.43. The molecule has 0 unspecified atom stereocenters. The summed E-state index contributed by atoms with van der Waals surface area (Å²) >= 11 is 0. The summed E-state index contributed by atoms with van der Waals surface area (Å²) < 4.78 is 26.0. The van der Waals surface area contributed by atoms with Crippen molar-refractivity contribution in [2.24, 2.45) is 0 Å². The molecule has 2 aromatic carbocycles. The van der Waals surface area contributed by atoms with Crippen molar-refractivity contribution in [1.29, 1.82) is 0 Å². The van der Waals surface area contributed by atoms with Crippen molar-refractivity contribution in [2.75, 3.05) is 13.1 Å². The van der Waals surface area contributed by atoms with E-state index in [1.54, 1.807) is 55.5 Å². The van der Waals surface area contributed by atoms with Crippen molar-refractivity contribution in [1.82, 2.24) is 10.6 Å². The zero-order valence-electron chi connectivity index (χ0n) is 13.8. The minimum atomic E-state index is -3.73. The molecule has 2 aromatic rings. The van der Waals surface area contributed by atoms with E-state index in [-0.39, 0.29) is 11.4 Å². The van der Waals surface area contributed by atoms with Crippen LogP contribution in [0.4, 0.5) is 0 Å². The van der Waals surface area contributed by atoms with E-state index in [9.17, 15) is 18.0 Å². The molecule has 2 N–H and O–H groups in total. The molecule has 0 aliphatic rings. The number of nitrogens with one attached hydrogen (secondary N) is 2. The van der Waals surface area contributed by atoms with Crippen LogP contribution in [0.2, 0.25) is 0 Å². The van der Waals surface area contributed by atoms with Gasteiger partial charge in [0.1, 0.15) is 5.25 Å². The number of hydrogen-bond donors (Lipinski definition) is 2. The number of hydrogen-bond acceptors (Lipinski definition) is 4. The molecule has 0 aliphatic carbocycles. The highest BCUT2D eigenvalue weighted by Gasteiger charge is 2.30. The Morgan fingerprint density at radius 3 is 1.96 bits per heavy atom. The first-order valence-corrected chi connectivity index (χ1v) is 9.41. The summed E-state index contributed by atoms with van der Waals surface area (Å²) in [6.07, 6.45) is 0. The van der Waals surface area contributed by atoms with Gasteiger partial charge in [0.05, 0.1) is 4.90 Å². The molecule has 0 aliphatic heterocycles. The standard InChI is InChI=1S/C18H20N2O4S/c1-2-19-17(21)18(22)20-13-16(14-9-5-3-6-10-14)25(23,24)15-11-7-4-8-12-15/h3-12,16H,2,13H2,1H3,(H,19,21)(H,20,22)/t16-/m1/s1. The second-order valence-corrected chi connectivity index (χ2v) is 7.46. The Balaban J connectivity index is 2.29. The number of rotatable bonds is 6. The number of benzene rings is 2. The molecule has 2 amide bonds. The van der Waals surface area contributed by atoms with Crippen LogP contribution in [-0.4, -0.2) is 33.3 Å². The van der Waals surface area contributed by atoms with Crippen LogP contribution >= 0.6 is 0 Å². The zero-order valence-corrected chi connectivity index (χ0v) is 14.6. The lowest BCUT2D eigenvalue weighted by molar-refractivity contribution is -0.139. The van der Waals surface area contributed by atoms with Crippen molar-refractivity contribution in [3.05, 3.63) is 66.2 Å². The van der Waals surface area contributed by atoms with Crippen LogP contribution in [0, 0.1) is 0 Å². The molecule has 25 heavy (non-hydrogen) atoms. The molecule has 1 atom stereocenters. The van der Waals surface area contributed by atoms with Crippen molar-refractivity contribution in [2.45, 2.75) is 17.1 Å². The van der Waals surface area contributed by atoms with Gasteiger partial charge in [0.15, 0.2) is 9.84 Å². The topological polar surface area (TPSA) is 92.3 Å². The number of sulfone groups is 1. The van der Waals surface area contributed by atoms with E-state index in [0.717, 1.165) is 0 Å². The smallest absolute Gasteiger partial charge is 0.309 e. The van der Waals surface area contributed by atoms with Gasteiger partial charge >= 0.3 is 11.8 Å². The third kappa shape index (κ3) is 4.67. The molecular formula is C18H20N2O4S. The predicted octanol–water partition coefficient (Wildman–Crippen LogP) is 1.45. The van der Waals surface area contributed by atoms with E-state index in [1.165, 1.54) is 12.1 Å². The Kier molecular flexibility index (Phi) is 6.30. The van der Waals surface area contributed by atoms with Crippen LogP contribution in [0.15, 0.2) is 65.6 Å². The molecule has 0 radical (unpaired) electrons. The number of likely N-dealkylation sites (N-methyl/N-ethyl adjacent to an activating group) is 1. The third-order valence-electron chi connectivity index (χ3n) is 3.61.